The third-order valence-corrected chi connectivity index (χ3v) is 4.03. The zero-order valence-corrected chi connectivity index (χ0v) is 12.3. The zero-order chi connectivity index (χ0) is 15.0. The Kier molecular flexibility index (Phi) is 3.41. The molecule has 0 amide bonds. The second-order valence-electron chi connectivity index (χ2n) is 5.63. The molecular formula is C16H19N3O2. The number of carboxylic acids is 1. The maximum absolute atomic E-state index is 11.1. The van der Waals surface area contributed by atoms with Gasteiger partial charge in [-0.15, -0.1) is 0 Å². The maximum atomic E-state index is 11.1. The van der Waals surface area contributed by atoms with Crippen molar-refractivity contribution in [3.8, 4) is 0 Å². The van der Waals surface area contributed by atoms with Crippen LogP contribution in [-0.4, -0.2) is 27.4 Å². The molecule has 21 heavy (non-hydrogen) atoms. The van der Waals surface area contributed by atoms with Gasteiger partial charge in [-0.05, 0) is 24.6 Å². The Morgan fingerprint density at radius 1 is 1.43 bits per heavy atom. The van der Waals surface area contributed by atoms with Gasteiger partial charge in [0, 0.05) is 25.2 Å². The minimum Gasteiger partial charge on any atom is -0.481 e. The van der Waals surface area contributed by atoms with Crippen LogP contribution in [0, 0.1) is 6.92 Å². The number of rotatable bonds is 4. The van der Waals surface area contributed by atoms with Crippen LogP contribution in [0.3, 0.4) is 0 Å². The molecule has 1 aliphatic rings. The highest BCUT2D eigenvalue weighted by atomic mass is 16.4. The summed E-state index contributed by atoms with van der Waals surface area (Å²) in [5, 5.41) is 13.5. The average Bonchev–Trinajstić information content (AvgIpc) is 2.91. The van der Waals surface area contributed by atoms with Crippen molar-refractivity contribution in [3.63, 3.8) is 0 Å². The van der Waals surface area contributed by atoms with Crippen molar-refractivity contribution in [1.29, 1.82) is 0 Å². The van der Waals surface area contributed by atoms with Crippen molar-refractivity contribution in [2.45, 2.75) is 25.8 Å². The van der Waals surface area contributed by atoms with Crippen molar-refractivity contribution < 1.29 is 9.90 Å². The fraction of sp³-hybridized carbons (Fsp3) is 0.375. The van der Waals surface area contributed by atoms with Crippen LogP contribution in [0.4, 0.5) is 5.69 Å². The second-order valence-corrected chi connectivity index (χ2v) is 5.63. The van der Waals surface area contributed by atoms with Gasteiger partial charge in [0.15, 0.2) is 0 Å². The van der Waals surface area contributed by atoms with Gasteiger partial charge in [0.2, 0.25) is 0 Å². The molecule has 1 unspecified atom stereocenters. The third-order valence-electron chi connectivity index (χ3n) is 4.03. The number of nitrogens with zero attached hydrogens (tertiary/aromatic N) is 3. The van der Waals surface area contributed by atoms with Crippen LogP contribution < -0.4 is 4.90 Å². The molecule has 5 heteroatoms. The first-order valence-corrected chi connectivity index (χ1v) is 7.10. The lowest BCUT2D eigenvalue weighted by atomic mass is 9.98. The van der Waals surface area contributed by atoms with Crippen LogP contribution in [0.15, 0.2) is 30.3 Å². The van der Waals surface area contributed by atoms with Gasteiger partial charge in [-0.1, -0.05) is 18.2 Å². The van der Waals surface area contributed by atoms with E-state index < -0.39 is 5.97 Å². The van der Waals surface area contributed by atoms with E-state index in [1.807, 2.05) is 36.9 Å². The number of hydrogen-bond donors (Lipinski definition) is 1. The van der Waals surface area contributed by atoms with Crippen LogP contribution in [0.1, 0.15) is 29.3 Å². The molecule has 1 N–H and O–H groups in total. The topological polar surface area (TPSA) is 58.4 Å². The highest BCUT2D eigenvalue weighted by molar-refractivity contribution is 5.71. The lowest BCUT2D eigenvalue weighted by Gasteiger charge is -2.19. The Morgan fingerprint density at radius 2 is 2.19 bits per heavy atom. The Morgan fingerprint density at radius 3 is 2.86 bits per heavy atom. The van der Waals surface area contributed by atoms with Gasteiger partial charge < -0.3 is 10.0 Å². The van der Waals surface area contributed by atoms with Gasteiger partial charge in [-0.3, -0.25) is 9.48 Å². The SMILES string of the molecule is Cc1cc(CN2CC(CC(=O)O)c3ccccc32)n(C)n1. The lowest BCUT2D eigenvalue weighted by Crippen LogP contribution is -2.23. The van der Waals surface area contributed by atoms with Crippen molar-refractivity contribution in [2.75, 3.05) is 11.4 Å². The molecule has 1 atom stereocenters. The number of benzene rings is 1. The van der Waals surface area contributed by atoms with Crippen molar-refractivity contribution in [1.82, 2.24) is 9.78 Å². The van der Waals surface area contributed by atoms with E-state index in [0.29, 0.717) is 0 Å². The summed E-state index contributed by atoms with van der Waals surface area (Å²) in [5.41, 5.74) is 4.42. The molecule has 0 saturated carbocycles. The number of para-hydroxylation sites is 1. The number of aromatic nitrogens is 2. The van der Waals surface area contributed by atoms with E-state index in [-0.39, 0.29) is 12.3 Å². The van der Waals surface area contributed by atoms with Crippen molar-refractivity contribution >= 4 is 11.7 Å². The van der Waals surface area contributed by atoms with E-state index >= 15 is 0 Å². The van der Waals surface area contributed by atoms with E-state index in [2.05, 4.69) is 22.1 Å². The van der Waals surface area contributed by atoms with E-state index in [1.165, 1.54) is 0 Å². The molecule has 1 aromatic carbocycles. The van der Waals surface area contributed by atoms with Crippen LogP contribution >= 0.6 is 0 Å². The average molecular weight is 285 g/mol. The molecule has 5 nitrogen and oxygen atoms in total. The summed E-state index contributed by atoms with van der Waals surface area (Å²) in [4.78, 5) is 13.3. The Labute approximate surface area is 123 Å². The predicted molar refractivity (Wildman–Crippen MR) is 80.4 cm³/mol. The molecule has 0 aliphatic carbocycles. The number of anilines is 1. The number of carbonyl (C=O) groups is 1. The second kappa shape index (κ2) is 5.24. The number of carboxylic acid groups (broad SMARTS) is 1. The van der Waals surface area contributed by atoms with E-state index in [0.717, 1.165) is 35.7 Å². The van der Waals surface area contributed by atoms with Gasteiger partial charge in [-0.2, -0.15) is 5.10 Å². The summed E-state index contributed by atoms with van der Waals surface area (Å²) in [6.07, 6.45) is 0.179. The maximum Gasteiger partial charge on any atom is 0.304 e. The van der Waals surface area contributed by atoms with Crippen LogP contribution in [0.2, 0.25) is 0 Å². The molecule has 2 aromatic rings. The van der Waals surface area contributed by atoms with Gasteiger partial charge in [0.1, 0.15) is 0 Å². The van der Waals surface area contributed by atoms with Gasteiger partial charge in [0.05, 0.1) is 24.4 Å². The minimum atomic E-state index is -0.743. The molecule has 0 bridgehead atoms. The summed E-state index contributed by atoms with van der Waals surface area (Å²) in [5.74, 6) is -0.680. The molecule has 0 spiro atoms. The van der Waals surface area contributed by atoms with E-state index in [4.69, 9.17) is 5.11 Å². The smallest absolute Gasteiger partial charge is 0.304 e. The van der Waals surface area contributed by atoms with Gasteiger partial charge in [-0.25, -0.2) is 0 Å². The quantitative estimate of drug-likeness (QED) is 0.936. The number of fused-ring (bicyclic) bond motifs is 1. The van der Waals surface area contributed by atoms with Crippen LogP contribution in [0.25, 0.3) is 0 Å². The normalized spacial score (nSPS) is 17.0. The number of aryl methyl sites for hydroxylation is 2. The molecule has 3 rings (SSSR count). The zero-order valence-electron chi connectivity index (χ0n) is 12.3. The first-order chi connectivity index (χ1) is 10.0. The molecule has 0 radical (unpaired) electrons. The van der Waals surface area contributed by atoms with Crippen molar-refractivity contribution in [3.05, 3.63) is 47.3 Å². The molecule has 1 aromatic heterocycles. The summed E-state index contributed by atoms with van der Waals surface area (Å²) in [7, 11) is 1.94. The summed E-state index contributed by atoms with van der Waals surface area (Å²) in [6.45, 7) is 3.48. The fourth-order valence-corrected chi connectivity index (χ4v) is 3.13. The van der Waals surface area contributed by atoms with Crippen molar-refractivity contribution in [2.24, 2.45) is 7.05 Å². The molecule has 110 valence electrons. The molecule has 0 fully saturated rings. The molecular weight excluding hydrogens is 266 g/mol. The highest BCUT2D eigenvalue weighted by Crippen LogP contribution is 2.38. The Bertz CT molecular complexity index is 678. The van der Waals surface area contributed by atoms with Gasteiger partial charge >= 0.3 is 5.97 Å². The molecule has 2 heterocycles. The number of aliphatic carboxylic acids is 1. The lowest BCUT2D eigenvalue weighted by molar-refractivity contribution is -0.137. The molecule has 0 saturated heterocycles. The monoisotopic (exact) mass is 285 g/mol. The first-order valence-electron chi connectivity index (χ1n) is 7.10. The minimum absolute atomic E-state index is 0.0630. The van der Waals surface area contributed by atoms with Crippen LogP contribution in [0.5, 0.6) is 0 Å². The standard InChI is InChI=1S/C16H19N3O2/c1-11-7-13(18(2)17-11)10-19-9-12(8-16(20)21)14-5-3-4-6-15(14)19/h3-7,12H,8-10H2,1-2H3,(H,20,21). The predicted octanol–water partition coefficient (Wildman–Crippen LogP) is 2.31. The Balaban J connectivity index is 1.87. The summed E-state index contributed by atoms with van der Waals surface area (Å²) >= 11 is 0. The first kappa shape index (κ1) is 13.7. The van der Waals surface area contributed by atoms with Crippen LogP contribution in [-0.2, 0) is 18.4 Å². The Hall–Kier alpha value is -2.30. The molecule has 1 aliphatic heterocycles. The van der Waals surface area contributed by atoms with E-state index in [1.54, 1.807) is 0 Å². The van der Waals surface area contributed by atoms with Gasteiger partial charge in [0.25, 0.3) is 0 Å². The summed E-state index contributed by atoms with van der Waals surface area (Å²) in [6, 6.07) is 10.2. The number of hydrogen-bond acceptors (Lipinski definition) is 3. The summed E-state index contributed by atoms with van der Waals surface area (Å²) < 4.78 is 1.89. The fourth-order valence-electron chi connectivity index (χ4n) is 3.13. The van der Waals surface area contributed by atoms with E-state index in [9.17, 15) is 4.79 Å². The third kappa shape index (κ3) is 2.63. The highest BCUT2D eigenvalue weighted by Gasteiger charge is 2.30. The largest absolute Gasteiger partial charge is 0.481 e.